The lowest BCUT2D eigenvalue weighted by Crippen LogP contribution is -2.21. The van der Waals surface area contributed by atoms with Crippen LogP contribution in [0, 0.1) is 0 Å². The van der Waals surface area contributed by atoms with Crippen molar-refractivity contribution in [2.75, 3.05) is 13.2 Å². The lowest BCUT2D eigenvalue weighted by Gasteiger charge is -2.10. The van der Waals surface area contributed by atoms with Crippen molar-refractivity contribution in [1.82, 2.24) is 0 Å². The van der Waals surface area contributed by atoms with Gasteiger partial charge >= 0.3 is 18.1 Å². The Balaban J connectivity index is 2.20. The number of halogens is 3. The molecule has 0 aliphatic heterocycles. The second-order valence-electron chi connectivity index (χ2n) is 4.50. The van der Waals surface area contributed by atoms with Crippen molar-refractivity contribution in [2.45, 2.75) is 19.0 Å². The highest BCUT2D eigenvalue weighted by Gasteiger charge is 2.37. The molecule has 8 heteroatoms. The summed E-state index contributed by atoms with van der Waals surface area (Å²) in [6.45, 7) is 2.72. The van der Waals surface area contributed by atoms with Crippen LogP contribution in [-0.4, -0.2) is 36.4 Å². The number of aromatic carboxylic acids is 1. The molecule has 1 aromatic rings. The largest absolute Gasteiger partial charge is 0.494 e. The van der Waals surface area contributed by atoms with E-state index in [9.17, 15) is 22.8 Å². The van der Waals surface area contributed by atoms with Crippen LogP contribution in [0.4, 0.5) is 13.2 Å². The van der Waals surface area contributed by atoms with Crippen LogP contribution < -0.4 is 4.74 Å². The Kier molecular flexibility index (Phi) is 6.62. The number of carboxylic acids is 1. The van der Waals surface area contributed by atoms with Crippen molar-refractivity contribution in [3.05, 3.63) is 42.0 Å². The zero-order valence-electron chi connectivity index (χ0n) is 12.1. The number of alkyl halides is 3. The number of carboxylic acid groups (broad SMARTS) is 1. The number of hydrogen-bond acceptors (Lipinski definition) is 4. The Morgan fingerprint density at radius 1 is 1.09 bits per heavy atom. The maximum Gasteiger partial charge on any atom is 0.422 e. The molecule has 23 heavy (non-hydrogen) atoms. The molecule has 1 rings (SSSR count). The minimum atomic E-state index is -4.79. The van der Waals surface area contributed by atoms with Crippen LogP contribution in [-0.2, 0) is 9.53 Å². The summed E-state index contributed by atoms with van der Waals surface area (Å²) in [6, 6.07) is 5.78. The standard InChI is InChI=1S/C15H15F3O5/c1-10(15(16,17)18)14(21)23-9-3-2-8-22-12-6-4-11(5-7-12)13(19)20/h4-7H,1-3,8-9H2,(H,19,20). The Labute approximate surface area is 130 Å². The summed E-state index contributed by atoms with van der Waals surface area (Å²) in [4.78, 5) is 21.7. The third kappa shape index (κ3) is 6.41. The van der Waals surface area contributed by atoms with E-state index in [-0.39, 0.29) is 18.8 Å². The molecule has 0 saturated carbocycles. The van der Waals surface area contributed by atoms with E-state index >= 15 is 0 Å². The molecule has 0 aromatic heterocycles. The Hall–Kier alpha value is -2.51. The molecule has 0 aliphatic carbocycles. The molecule has 0 unspecified atom stereocenters. The van der Waals surface area contributed by atoms with E-state index in [0.29, 0.717) is 18.6 Å². The highest BCUT2D eigenvalue weighted by Crippen LogP contribution is 2.24. The molecule has 0 bridgehead atoms. The first-order valence-corrected chi connectivity index (χ1v) is 6.61. The summed E-state index contributed by atoms with van der Waals surface area (Å²) in [7, 11) is 0. The minimum absolute atomic E-state index is 0.133. The summed E-state index contributed by atoms with van der Waals surface area (Å²) >= 11 is 0. The minimum Gasteiger partial charge on any atom is -0.494 e. The number of carbonyl (C=O) groups is 2. The maximum absolute atomic E-state index is 12.1. The lowest BCUT2D eigenvalue weighted by atomic mass is 10.2. The van der Waals surface area contributed by atoms with Crippen molar-refractivity contribution >= 4 is 11.9 Å². The van der Waals surface area contributed by atoms with Crippen molar-refractivity contribution in [2.24, 2.45) is 0 Å². The van der Waals surface area contributed by atoms with E-state index in [1.54, 1.807) is 0 Å². The first-order chi connectivity index (χ1) is 10.7. The maximum atomic E-state index is 12.1. The third-order valence-corrected chi connectivity index (χ3v) is 2.73. The molecule has 0 fully saturated rings. The van der Waals surface area contributed by atoms with Gasteiger partial charge in [0, 0.05) is 0 Å². The van der Waals surface area contributed by atoms with Gasteiger partial charge in [-0.3, -0.25) is 0 Å². The zero-order valence-corrected chi connectivity index (χ0v) is 12.1. The van der Waals surface area contributed by atoms with Crippen LogP contribution in [0.3, 0.4) is 0 Å². The van der Waals surface area contributed by atoms with Crippen LogP contribution in [0.15, 0.2) is 36.4 Å². The molecule has 1 N–H and O–H groups in total. The van der Waals surface area contributed by atoms with Crippen molar-refractivity contribution in [3.63, 3.8) is 0 Å². The van der Waals surface area contributed by atoms with Gasteiger partial charge in [-0.1, -0.05) is 6.58 Å². The van der Waals surface area contributed by atoms with Gasteiger partial charge in [0.05, 0.1) is 18.8 Å². The fourth-order valence-electron chi connectivity index (χ4n) is 1.46. The predicted molar refractivity (Wildman–Crippen MR) is 74.3 cm³/mol. The summed E-state index contributed by atoms with van der Waals surface area (Å²) < 4.78 is 46.2. The summed E-state index contributed by atoms with van der Waals surface area (Å²) in [6.07, 6.45) is -4.02. The van der Waals surface area contributed by atoms with Gasteiger partial charge in [-0.05, 0) is 37.1 Å². The van der Waals surface area contributed by atoms with E-state index < -0.39 is 23.7 Å². The average molecular weight is 332 g/mol. The van der Waals surface area contributed by atoms with E-state index in [1.807, 2.05) is 0 Å². The monoisotopic (exact) mass is 332 g/mol. The van der Waals surface area contributed by atoms with E-state index in [0.717, 1.165) is 0 Å². The van der Waals surface area contributed by atoms with E-state index in [4.69, 9.17) is 9.84 Å². The van der Waals surface area contributed by atoms with Gasteiger partial charge in [0.1, 0.15) is 11.3 Å². The molecule has 0 radical (unpaired) electrons. The first kappa shape index (κ1) is 18.5. The Morgan fingerprint density at radius 2 is 1.65 bits per heavy atom. The second-order valence-corrected chi connectivity index (χ2v) is 4.50. The van der Waals surface area contributed by atoms with Crippen molar-refractivity contribution in [3.8, 4) is 5.75 Å². The quantitative estimate of drug-likeness (QED) is 0.450. The van der Waals surface area contributed by atoms with Crippen molar-refractivity contribution in [1.29, 1.82) is 0 Å². The molecule has 5 nitrogen and oxygen atoms in total. The topological polar surface area (TPSA) is 72.8 Å². The molecule has 0 atom stereocenters. The molecule has 0 saturated heterocycles. The molecular weight excluding hydrogens is 317 g/mol. The summed E-state index contributed by atoms with van der Waals surface area (Å²) in [5.74, 6) is -2.06. The van der Waals surface area contributed by atoms with Gasteiger partial charge in [-0.25, -0.2) is 9.59 Å². The van der Waals surface area contributed by atoms with E-state index in [2.05, 4.69) is 11.3 Å². The van der Waals surface area contributed by atoms with Crippen LogP contribution in [0.2, 0.25) is 0 Å². The Morgan fingerprint density at radius 3 is 2.17 bits per heavy atom. The molecule has 1 aromatic carbocycles. The molecule has 126 valence electrons. The third-order valence-electron chi connectivity index (χ3n) is 2.73. The fourth-order valence-corrected chi connectivity index (χ4v) is 1.46. The zero-order chi connectivity index (χ0) is 17.5. The molecule has 0 amide bonds. The van der Waals surface area contributed by atoms with Crippen LogP contribution in [0.5, 0.6) is 5.75 Å². The molecular formula is C15H15F3O5. The summed E-state index contributed by atoms with van der Waals surface area (Å²) in [5.41, 5.74) is -1.40. The molecule has 0 heterocycles. The number of benzene rings is 1. The second kappa shape index (κ2) is 8.21. The average Bonchev–Trinajstić information content (AvgIpc) is 2.49. The molecule has 0 spiro atoms. The normalized spacial score (nSPS) is 10.9. The van der Waals surface area contributed by atoms with Gasteiger partial charge in [0.2, 0.25) is 0 Å². The number of esters is 1. The van der Waals surface area contributed by atoms with E-state index in [1.165, 1.54) is 24.3 Å². The number of unbranched alkanes of at least 4 members (excludes halogenated alkanes) is 1. The van der Waals surface area contributed by atoms with Gasteiger partial charge in [0.25, 0.3) is 0 Å². The SMILES string of the molecule is C=C(C(=O)OCCCCOc1ccc(C(=O)O)cc1)C(F)(F)F. The predicted octanol–water partition coefficient (Wildman–Crippen LogP) is 3.21. The number of rotatable bonds is 8. The first-order valence-electron chi connectivity index (χ1n) is 6.61. The smallest absolute Gasteiger partial charge is 0.422 e. The van der Waals surface area contributed by atoms with Gasteiger partial charge < -0.3 is 14.6 Å². The number of ether oxygens (including phenoxy) is 2. The number of hydrogen-bond donors (Lipinski definition) is 1. The summed E-state index contributed by atoms with van der Waals surface area (Å²) in [5, 5.41) is 8.72. The Bertz CT molecular complexity index is 563. The highest BCUT2D eigenvalue weighted by atomic mass is 19.4. The van der Waals surface area contributed by atoms with Gasteiger partial charge in [0.15, 0.2) is 0 Å². The van der Waals surface area contributed by atoms with Crippen LogP contribution >= 0.6 is 0 Å². The fraction of sp³-hybridized carbons (Fsp3) is 0.333. The van der Waals surface area contributed by atoms with Crippen LogP contribution in [0.1, 0.15) is 23.2 Å². The lowest BCUT2D eigenvalue weighted by molar-refractivity contribution is -0.150. The highest BCUT2D eigenvalue weighted by molar-refractivity contribution is 5.89. The molecule has 0 aliphatic rings. The van der Waals surface area contributed by atoms with Crippen molar-refractivity contribution < 1.29 is 37.3 Å². The number of carbonyl (C=O) groups excluding carboxylic acids is 1. The van der Waals surface area contributed by atoms with Gasteiger partial charge in [-0.15, -0.1) is 0 Å². The van der Waals surface area contributed by atoms with Gasteiger partial charge in [-0.2, -0.15) is 13.2 Å². The van der Waals surface area contributed by atoms with Crippen LogP contribution in [0.25, 0.3) is 0 Å².